The number of nitrogens with zero attached hydrogens (tertiary/aromatic N) is 5. The van der Waals surface area contributed by atoms with E-state index >= 15 is 0 Å². The summed E-state index contributed by atoms with van der Waals surface area (Å²) < 4.78 is 0. The molecule has 1 atom stereocenters. The summed E-state index contributed by atoms with van der Waals surface area (Å²) in [6.45, 7) is 11.8. The van der Waals surface area contributed by atoms with E-state index in [1.807, 2.05) is 7.05 Å². The molecule has 0 aliphatic carbocycles. The van der Waals surface area contributed by atoms with Gasteiger partial charge in [0.05, 0.1) is 6.54 Å². The quantitative estimate of drug-likeness (QED) is 0.333. The molecule has 1 N–H and O–H groups in total. The molecule has 3 heterocycles. The third-order valence-electron chi connectivity index (χ3n) is 6.85. The van der Waals surface area contributed by atoms with Gasteiger partial charge in [-0.05, 0) is 38.8 Å². The van der Waals surface area contributed by atoms with Gasteiger partial charge in [0.25, 0.3) is 0 Å². The summed E-state index contributed by atoms with van der Waals surface area (Å²) in [4.78, 5) is 26.5. The van der Waals surface area contributed by atoms with Crippen LogP contribution in [0.2, 0.25) is 0 Å². The summed E-state index contributed by atoms with van der Waals surface area (Å²) in [5.74, 6) is 1.34. The molecule has 3 aliphatic rings. The van der Waals surface area contributed by atoms with Crippen LogP contribution in [0.15, 0.2) is 4.99 Å². The van der Waals surface area contributed by atoms with Crippen molar-refractivity contribution in [3.05, 3.63) is 0 Å². The van der Waals surface area contributed by atoms with Crippen molar-refractivity contribution in [2.24, 2.45) is 4.99 Å². The first kappa shape index (κ1) is 25.6. The summed E-state index contributed by atoms with van der Waals surface area (Å²) in [5.41, 5.74) is 0. The van der Waals surface area contributed by atoms with Crippen LogP contribution >= 0.6 is 24.0 Å². The Bertz CT molecular complexity index is 530. The lowest BCUT2D eigenvalue weighted by molar-refractivity contribution is -0.132. The van der Waals surface area contributed by atoms with Crippen LogP contribution in [0.4, 0.5) is 0 Å². The molecule has 7 nitrogen and oxygen atoms in total. The maximum absolute atomic E-state index is 12.7. The molecule has 3 aliphatic heterocycles. The number of rotatable bonds is 5. The maximum Gasteiger partial charge on any atom is 0.236 e. The number of hydrogen-bond acceptors (Lipinski definition) is 4. The summed E-state index contributed by atoms with van der Waals surface area (Å²) in [6.07, 6.45) is 8.82. The Morgan fingerprint density at radius 1 is 0.900 bits per heavy atom. The van der Waals surface area contributed by atoms with Crippen molar-refractivity contribution in [1.29, 1.82) is 0 Å². The molecule has 0 saturated carbocycles. The molecule has 0 spiro atoms. The van der Waals surface area contributed by atoms with E-state index in [4.69, 9.17) is 0 Å². The Morgan fingerprint density at radius 3 is 2.20 bits per heavy atom. The van der Waals surface area contributed by atoms with Crippen LogP contribution in [0.5, 0.6) is 0 Å². The normalized spacial score (nSPS) is 24.9. The first-order valence-corrected chi connectivity index (χ1v) is 11.9. The third kappa shape index (κ3) is 7.51. The van der Waals surface area contributed by atoms with Crippen molar-refractivity contribution in [1.82, 2.24) is 24.9 Å². The molecule has 0 aromatic carbocycles. The van der Waals surface area contributed by atoms with Gasteiger partial charge < -0.3 is 15.1 Å². The molecule has 8 heteroatoms. The van der Waals surface area contributed by atoms with Crippen molar-refractivity contribution >= 4 is 35.8 Å². The molecule has 174 valence electrons. The van der Waals surface area contributed by atoms with Gasteiger partial charge in [0.15, 0.2) is 5.96 Å². The zero-order valence-corrected chi connectivity index (χ0v) is 21.5. The number of likely N-dealkylation sites (N-methyl/N-ethyl adjacent to an activating group) is 1. The fourth-order valence-corrected chi connectivity index (χ4v) is 4.98. The first-order valence-electron chi connectivity index (χ1n) is 11.9. The predicted octanol–water partition coefficient (Wildman–Crippen LogP) is 2.07. The largest absolute Gasteiger partial charge is 0.355 e. The summed E-state index contributed by atoms with van der Waals surface area (Å²) in [6, 6.07) is 0.623. The van der Waals surface area contributed by atoms with Crippen molar-refractivity contribution in [2.75, 3.05) is 72.5 Å². The van der Waals surface area contributed by atoms with Gasteiger partial charge in [0, 0.05) is 58.9 Å². The first-order chi connectivity index (χ1) is 14.2. The number of hydrogen-bond donors (Lipinski definition) is 1. The van der Waals surface area contributed by atoms with Crippen molar-refractivity contribution in [2.45, 2.75) is 57.9 Å². The van der Waals surface area contributed by atoms with Crippen molar-refractivity contribution < 1.29 is 4.79 Å². The number of piperidine rings is 1. The maximum atomic E-state index is 12.7. The SMILES string of the molecule is CCN1CCCCC1CNC(=NC)N1CCN(CC(=O)N2CCCCCC2)CC1.I. The van der Waals surface area contributed by atoms with Gasteiger partial charge in [0.2, 0.25) is 5.91 Å². The number of carbonyl (C=O) groups is 1. The van der Waals surface area contributed by atoms with Crippen LogP contribution in [0.25, 0.3) is 0 Å². The Kier molecular flexibility index (Phi) is 11.7. The average molecular weight is 535 g/mol. The molecule has 1 amide bonds. The molecule has 3 saturated heterocycles. The molecule has 3 fully saturated rings. The van der Waals surface area contributed by atoms with E-state index in [-0.39, 0.29) is 24.0 Å². The minimum absolute atomic E-state index is 0. The number of guanidine groups is 1. The van der Waals surface area contributed by atoms with Crippen LogP contribution < -0.4 is 5.32 Å². The summed E-state index contributed by atoms with van der Waals surface area (Å²) in [5, 5.41) is 3.63. The Hall–Kier alpha value is -0.610. The monoisotopic (exact) mass is 534 g/mol. The van der Waals surface area contributed by atoms with Crippen LogP contribution in [-0.2, 0) is 4.79 Å². The molecular formula is C22H43IN6O. The number of carbonyl (C=O) groups excluding carboxylic acids is 1. The van der Waals surface area contributed by atoms with E-state index in [1.165, 1.54) is 38.6 Å². The fraction of sp³-hybridized carbons (Fsp3) is 0.909. The topological polar surface area (TPSA) is 54.4 Å². The van der Waals surface area contributed by atoms with E-state index in [0.717, 1.165) is 71.2 Å². The van der Waals surface area contributed by atoms with Gasteiger partial charge in [-0.1, -0.05) is 26.2 Å². The minimum Gasteiger partial charge on any atom is -0.355 e. The number of aliphatic imine (C=N–C) groups is 1. The predicted molar refractivity (Wildman–Crippen MR) is 135 cm³/mol. The zero-order valence-electron chi connectivity index (χ0n) is 19.2. The highest BCUT2D eigenvalue weighted by molar-refractivity contribution is 14.0. The van der Waals surface area contributed by atoms with Crippen molar-refractivity contribution in [3.8, 4) is 0 Å². The lowest BCUT2D eigenvalue weighted by atomic mass is 10.0. The fourth-order valence-electron chi connectivity index (χ4n) is 4.98. The Morgan fingerprint density at radius 2 is 1.57 bits per heavy atom. The molecule has 30 heavy (non-hydrogen) atoms. The number of nitrogens with one attached hydrogen (secondary N) is 1. The highest BCUT2D eigenvalue weighted by Gasteiger charge is 2.25. The van der Waals surface area contributed by atoms with E-state index in [0.29, 0.717) is 18.5 Å². The number of likely N-dealkylation sites (tertiary alicyclic amines) is 2. The van der Waals surface area contributed by atoms with E-state index in [1.54, 1.807) is 0 Å². The highest BCUT2D eigenvalue weighted by atomic mass is 127. The second kappa shape index (κ2) is 13.7. The highest BCUT2D eigenvalue weighted by Crippen LogP contribution is 2.16. The van der Waals surface area contributed by atoms with Gasteiger partial charge in [-0.2, -0.15) is 0 Å². The van der Waals surface area contributed by atoms with Gasteiger partial charge in [-0.3, -0.25) is 19.6 Å². The molecular weight excluding hydrogens is 491 g/mol. The number of amides is 1. The van der Waals surface area contributed by atoms with Gasteiger partial charge in [-0.15, -0.1) is 24.0 Å². The van der Waals surface area contributed by atoms with E-state index < -0.39 is 0 Å². The summed E-state index contributed by atoms with van der Waals surface area (Å²) >= 11 is 0. The van der Waals surface area contributed by atoms with Gasteiger partial charge >= 0.3 is 0 Å². The zero-order chi connectivity index (χ0) is 20.5. The standard InChI is InChI=1S/C22H42N6O.HI/c1-3-26-11-9-6-10-20(26)18-24-22(23-2)28-16-14-25(15-17-28)19-21(29)27-12-7-4-5-8-13-27;/h20H,3-19H2,1-2H3,(H,23,24);1H. The van der Waals surface area contributed by atoms with E-state index in [9.17, 15) is 4.79 Å². The second-order valence-corrected chi connectivity index (χ2v) is 8.76. The van der Waals surface area contributed by atoms with Crippen LogP contribution in [0.3, 0.4) is 0 Å². The lowest BCUT2D eigenvalue weighted by Crippen LogP contribution is -2.56. The van der Waals surface area contributed by atoms with Crippen LogP contribution in [0, 0.1) is 0 Å². The minimum atomic E-state index is 0. The Balaban J connectivity index is 0.00000320. The van der Waals surface area contributed by atoms with Gasteiger partial charge in [-0.25, -0.2) is 0 Å². The molecule has 0 aromatic heterocycles. The number of piperazine rings is 1. The van der Waals surface area contributed by atoms with Gasteiger partial charge in [0.1, 0.15) is 0 Å². The number of halogens is 1. The van der Waals surface area contributed by atoms with E-state index in [2.05, 4.69) is 36.8 Å². The van der Waals surface area contributed by atoms with Crippen molar-refractivity contribution in [3.63, 3.8) is 0 Å². The average Bonchev–Trinajstić information content (AvgIpc) is 3.05. The molecule has 1 unspecified atom stereocenters. The van der Waals surface area contributed by atoms with Crippen LogP contribution in [0.1, 0.15) is 51.9 Å². The summed E-state index contributed by atoms with van der Waals surface area (Å²) in [7, 11) is 1.88. The van der Waals surface area contributed by atoms with Crippen LogP contribution in [-0.4, -0.2) is 110 Å². The molecule has 0 aromatic rings. The molecule has 0 radical (unpaired) electrons. The molecule has 0 bridgehead atoms. The smallest absolute Gasteiger partial charge is 0.236 e. The molecule has 3 rings (SSSR count). The third-order valence-corrected chi connectivity index (χ3v) is 6.85. The lowest BCUT2D eigenvalue weighted by Gasteiger charge is -2.39. The Labute approximate surface area is 200 Å². The second-order valence-electron chi connectivity index (χ2n) is 8.76.